The summed E-state index contributed by atoms with van der Waals surface area (Å²) in [6, 6.07) is 12.6. The Morgan fingerprint density at radius 3 is 1.95 bits per heavy atom. The van der Waals surface area contributed by atoms with Gasteiger partial charge in [-0.2, -0.15) is 0 Å². The number of rotatable bonds is 6. The van der Waals surface area contributed by atoms with Crippen molar-refractivity contribution in [3.05, 3.63) is 47.5 Å². The fraction of sp³-hybridized carbons (Fsp3) is 0.421. The molecule has 0 radical (unpaired) electrons. The first-order valence-corrected chi connectivity index (χ1v) is 8.13. The summed E-state index contributed by atoms with van der Waals surface area (Å²) >= 11 is 0. The molecule has 22 heavy (non-hydrogen) atoms. The Kier molecular flexibility index (Phi) is 5.42. The second kappa shape index (κ2) is 7.30. The number of nitrogens with zero attached hydrogens (tertiary/aromatic N) is 1. The molecule has 0 amide bonds. The molecule has 0 aliphatic carbocycles. The molecule has 0 saturated carbocycles. The van der Waals surface area contributed by atoms with Crippen LogP contribution in [-0.4, -0.2) is 11.5 Å². The smallest absolute Gasteiger partial charge is 0.132 e. The fourth-order valence-corrected chi connectivity index (χ4v) is 2.61. The Morgan fingerprint density at radius 2 is 1.41 bits per heavy atom. The van der Waals surface area contributed by atoms with Crippen molar-refractivity contribution in [2.24, 2.45) is 0 Å². The van der Waals surface area contributed by atoms with Gasteiger partial charge in [-0.3, -0.25) is 0 Å². The Balaban J connectivity index is 2.41. The largest absolute Gasteiger partial charge is 0.370 e. The summed E-state index contributed by atoms with van der Waals surface area (Å²) < 4.78 is 0. The number of hydrogen-bond acceptors (Lipinski definition) is 3. The third-order valence-corrected chi connectivity index (χ3v) is 3.73. The van der Waals surface area contributed by atoms with E-state index in [0.717, 1.165) is 18.2 Å². The first-order chi connectivity index (χ1) is 10.5. The van der Waals surface area contributed by atoms with Gasteiger partial charge in [0.1, 0.15) is 11.6 Å². The lowest BCUT2D eigenvalue weighted by atomic mass is 9.92. The van der Waals surface area contributed by atoms with Gasteiger partial charge in [-0.1, -0.05) is 52.0 Å². The van der Waals surface area contributed by atoms with Gasteiger partial charge in [0, 0.05) is 12.2 Å². The van der Waals surface area contributed by atoms with E-state index in [1.54, 1.807) is 0 Å². The van der Waals surface area contributed by atoms with Crippen molar-refractivity contribution in [2.45, 2.75) is 46.5 Å². The van der Waals surface area contributed by atoms with E-state index in [0.29, 0.717) is 11.8 Å². The van der Waals surface area contributed by atoms with E-state index < -0.39 is 0 Å². The highest BCUT2D eigenvalue weighted by Gasteiger charge is 2.14. The molecule has 1 aromatic heterocycles. The maximum absolute atomic E-state index is 4.64. The Bertz CT molecular complexity index is 592. The Labute approximate surface area is 134 Å². The molecular weight excluding hydrogens is 270 g/mol. The molecule has 2 rings (SSSR count). The molecule has 118 valence electrons. The van der Waals surface area contributed by atoms with Crippen LogP contribution in [0.15, 0.2) is 36.4 Å². The number of nitrogens with one attached hydrogen (secondary N) is 2. The fourth-order valence-electron chi connectivity index (χ4n) is 2.61. The normalized spacial score (nSPS) is 11.0. The van der Waals surface area contributed by atoms with Gasteiger partial charge >= 0.3 is 0 Å². The van der Waals surface area contributed by atoms with Crippen molar-refractivity contribution in [2.75, 3.05) is 17.2 Å². The molecule has 0 aliphatic heterocycles. The van der Waals surface area contributed by atoms with Crippen molar-refractivity contribution >= 4 is 17.3 Å². The first kappa shape index (κ1) is 16.3. The maximum Gasteiger partial charge on any atom is 0.132 e. The zero-order chi connectivity index (χ0) is 16.1. The third kappa shape index (κ3) is 3.79. The van der Waals surface area contributed by atoms with Gasteiger partial charge in [0.15, 0.2) is 0 Å². The van der Waals surface area contributed by atoms with Gasteiger partial charge < -0.3 is 10.6 Å². The first-order valence-electron chi connectivity index (χ1n) is 8.13. The molecular formula is C19H27N3. The Morgan fingerprint density at radius 1 is 0.864 bits per heavy atom. The zero-order valence-electron chi connectivity index (χ0n) is 14.3. The van der Waals surface area contributed by atoms with Gasteiger partial charge in [0.2, 0.25) is 0 Å². The summed E-state index contributed by atoms with van der Waals surface area (Å²) in [6.45, 7) is 11.9. The standard InChI is InChI=1S/C19H27N3/c1-6-20-17-11-8-12-18(21-17)22-19-15(13(2)3)9-7-10-16(19)14(4)5/h7-14H,6H2,1-5H3,(H2,20,21,22). The molecule has 2 aromatic rings. The van der Waals surface area contributed by atoms with Crippen molar-refractivity contribution in [1.29, 1.82) is 0 Å². The Hall–Kier alpha value is -2.03. The summed E-state index contributed by atoms with van der Waals surface area (Å²) in [5.41, 5.74) is 3.87. The minimum atomic E-state index is 0.471. The minimum absolute atomic E-state index is 0.471. The van der Waals surface area contributed by atoms with Crippen LogP contribution in [0.2, 0.25) is 0 Å². The molecule has 0 spiro atoms. The molecule has 2 N–H and O–H groups in total. The second-order valence-electron chi connectivity index (χ2n) is 6.18. The molecule has 0 atom stereocenters. The van der Waals surface area contributed by atoms with Crippen molar-refractivity contribution in [3.8, 4) is 0 Å². The zero-order valence-corrected chi connectivity index (χ0v) is 14.3. The van der Waals surface area contributed by atoms with E-state index in [4.69, 9.17) is 0 Å². The summed E-state index contributed by atoms with van der Waals surface area (Å²) in [4.78, 5) is 4.64. The molecule has 0 aliphatic rings. The minimum Gasteiger partial charge on any atom is -0.370 e. The number of aromatic nitrogens is 1. The van der Waals surface area contributed by atoms with Crippen LogP contribution in [-0.2, 0) is 0 Å². The molecule has 0 saturated heterocycles. The monoisotopic (exact) mass is 297 g/mol. The van der Waals surface area contributed by atoms with Gasteiger partial charge in [0.05, 0.1) is 0 Å². The van der Waals surface area contributed by atoms with E-state index in [2.05, 4.69) is 68.4 Å². The molecule has 1 heterocycles. The molecule has 0 unspecified atom stereocenters. The van der Waals surface area contributed by atoms with Gasteiger partial charge in [-0.15, -0.1) is 0 Å². The van der Waals surface area contributed by atoms with Crippen LogP contribution in [0.25, 0.3) is 0 Å². The number of anilines is 3. The van der Waals surface area contributed by atoms with Crippen LogP contribution in [0.3, 0.4) is 0 Å². The second-order valence-corrected chi connectivity index (χ2v) is 6.18. The van der Waals surface area contributed by atoms with Crippen LogP contribution < -0.4 is 10.6 Å². The topological polar surface area (TPSA) is 37.0 Å². The van der Waals surface area contributed by atoms with E-state index in [1.807, 2.05) is 18.2 Å². The van der Waals surface area contributed by atoms with Crippen molar-refractivity contribution in [3.63, 3.8) is 0 Å². The molecule has 3 nitrogen and oxygen atoms in total. The highest BCUT2D eigenvalue weighted by Crippen LogP contribution is 2.34. The molecule has 0 fully saturated rings. The van der Waals surface area contributed by atoms with Gasteiger partial charge in [-0.05, 0) is 42.0 Å². The quantitative estimate of drug-likeness (QED) is 0.738. The number of hydrogen-bond donors (Lipinski definition) is 2. The lowest BCUT2D eigenvalue weighted by Crippen LogP contribution is -2.06. The third-order valence-electron chi connectivity index (χ3n) is 3.73. The van der Waals surface area contributed by atoms with E-state index in [9.17, 15) is 0 Å². The molecule has 1 aromatic carbocycles. The number of benzene rings is 1. The van der Waals surface area contributed by atoms with E-state index in [1.165, 1.54) is 16.8 Å². The van der Waals surface area contributed by atoms with Gasteiger partial charge in [-0.25, -0.2) is 4.98 Å². The predicted octanol–water partition coefficient (Wildman–Crippen LogP) is 5.50. The highest BCUT2D eigenvalue weighted by molar-refractivity contribution is 5.67. The lowest BCUT2D eigenvalue weighted by Gasteiger charge is -2.20. The average molecular weight is 297 g/mol. The lowest BCUT2D eigenvalue weighted by molar-refractivity contribution is 0.838. The van der Waals surface area contributed by atoms with Crippen LogP contribution in [0.1, 0.15) is 57.6 Å². The summed E-state index contributed by atoms with van der Waals surface area (Å²) in [6.07, 6.45) is 0. The summed E-state index contributed by atoms with van der Waals surface area (Å²) in [5, 5.41) is 6.81. The van der Waals surface area contributed by atoms with Crippen LogP contribution in [0.5, 0.6) is 0 Å². The summed E-state index contributed by atoms with van der Waals surface area (Å²) in [7, 11) is 0. The highest BCUT2D eigenvalue weighted by atomic mass is 15.1. The SMILES string of the molecule is CCNc1cccc(Nc2c(C(C)C)cccc2C(C)C)n1. The maximum atomic E-state index is 4.64. The van der Waals surface area contributed by atoms with Crippen molar-refractivity contribution < 1.29 is 0 Å². The molecule has 0 bridgehead atoms. The predicted molar refractivity (Wildman–Crippen MR) is 96.3 cm³/mol. The van der Waals surface area contributed by atoms with Crippen LogP contribution >= 0.6 is 0 Å². The van der Waals surface area contributed by atoms with Gasteiger partial charge in [0.25, 0.3) is 0 Å². The number of pyridine rings is 1. The molecule has 3 heteroatoms. The van der Waals surface area contributed by atoms with E-state index in [-0.39, 0.29) is 0 Å². The van der Waals surface area contributed by atoms with E-state index >= 15 is 0 Å². The number of para-hydroxylation sites is 1. The van der Waals surface area contributed by atoms with Crippen LogP contribution in [0, 0.1) is 0 Å². The van der Waals surface area contributed by atoms with Crippen LogP contribution in [0.4, 0.5) is 17.3 Å². The average Bonchev–Trinajstić information content (AvgIpc) is 2.47. The summed E-state index contributed by atoms with van der Waals surface area (Å²) in [5.74, 6) is 2.73. The van der Waals surface area contributed by atoms with Crippen molar-refractivity contribution in [1.82, 2.24) is 4.98 Å².